The van der Waals surface area contributed by atoms with Gasteiger partial charge in [0.2, 0.25) is 0 Å². The summed E-state index contributed by atoms with van der Waals surface area (Å²) in [6, 6.07) is 26.1. The van der Waals surface area contributed by atoms with Gasteiger partial charge in [-0.3, -0.25) is 4.40 Å². The van der Waals surface area contributed by atoms with E-state index in [1.165, 1.54) is 0 Å². The van der Waals surface area contributed by atoms with Gasteiger partial charge in [0, 0.05) is 5.56 Å². The Balaban J connectivity index is 1.64. The molecule has 0 aliphatic rings. The molecule has 0 fully saturated rings. The molecule has 136 valence electrons. The topological polar surface area (TPSA) is 52.3 Å². The summed E-state index contributed by atoms with van der Waals surface area (Å²) in [6.45, 7) is 2.45. The molecule has 0 aliphatic carbocycles. The van der Waals surface area contributed by atoms with E-state index in [1.54, 1.807) is 0 Å². The van der Waals surface area contributed by atoms with Crippen LogP contribution >= 0.6 is 0 Å². The maximum Gasteiger partial charge on any atom is 0.183 e. The molecule has 5 nitrogen and oxygen atoms in total. The predicted octanol–water partition coefficient (Wildman–Crippen LogP) is 4.83. The van der Waals surface area contributed by atoms with E-state index in [4.69, 9.17) is 9.72 Å². The first-order chi connectivity index (χ1) is 13.8. The zero-order chi connectivity index (χ0) is 18.9. The van der Waals surface area contributed by atoms with E-state index in [-0.39, 0.29) is 0 Å². The van der Waals surface area contributed by atoms with E-state index in [2.05, 4.69) is 26.7 Å². The van der Waals surface area contributed by atoms with Crippen LogP contribution in [0, 0.1) is 6.92 Å². The lowest BCUT2D eigenvalue weighted by atomic mass is 10.1. The number of para-hydroxylation sites is 1. The average molecular weight is 366 g/mol. The van der Waals surface area contributed by atoms with Gasteiger partial charge in [-0.2, -0.15) is 0 Å². The molecule has 0 spiro atoms. The standard InChI is InChI=1S/C23H18N4O/c1-16-22-25-26-23(18-8-4-2-5-9-18)27(22)21-14-17(12-13-20(21)24-16)15-28-19-10-6-3-7-11-19/h2-14H,15H2,1H3. The second-order valence-electron chi connectivity index (χ2n) is 6.67. The molecule has 0 saturated carbocycles. The maximum absolute atomic E-state index is 5.91. The highest BCUT2D eigenvalue weighted by atomic mass is 16.5. The van der Waals surface area contributed by atoms with E-state index in [0.717, 1.165) is 45.1 Å². The smallest absolute Gasteiger partial charge is 0.183 e. The Labute approximate surface area is 162 Å². The van der Waals surface area contributed by atoms with E-state index < -0.39 is 0 Å². The van der Waals surface area contributed by atoms with E-state index in [1.807, 2.05) is 73.7 Å². The fourth-order valence-electron chi connectivity index (χ4n) is 3.37. The van der Waals surface area contributed by atoms with Crippen molar-refractivity contribution in [1.82, 2.24) is 19.6 Å². The lowest BCUT2D eigenvalue weighted by molar-refractivity contribution is 0.306. The molecule has 3 aromatic carbocycles. The third-order valence-electron chi connectivity index (χ3n) is 4.74. The van der Waals surface area contributed by atoms with E-state index in [0.29, 0.717) is 6.61 Å². The minimum absolute atomic E-state index is 0.484. The molecule has 0 N–H and O–H groups in total. The fraction of sp³-hybridized carbons (Fsp3) is 0.0870. The average Bonchev–Trinajstić information content (AvgIpc) is 3.20. The third kappa shape index (κ3) is 2.87. The number of rotatable bonds is 4. The Bertz CT molecular complexity index is 1260. The third-order valence-corrected chi connectivity index (χ3v) is 4.74. The number of hydrogen-bond acceptors (Lipinski definition) is 4. The van der Waals surface area contributed by atoms with Gasteiger partial charge in [0.15, 0.2) is 11.5 Å². The number of aryl methyl sites for hydroxylation is 1. The Morgan fingerprint density at radius 2 is 1.61 bits per heavy atom. The summed E-state index contributed by atoms with van der Waals surface area (Å²) in [6.07, 6.45) is 0. The van der Waals surface area contributed by atoms with Gasteiger partial charge < -0.3 is 4.74 Å². The molecule has 5 rings (SSSR count). The van der Waals surface area contributed by atoms with Gasteiger partial charge in [-0.25, -0.2) is 4.98 Å². The van der Waals surface area contributed by atoms with Crippen molar-refractivity contribution in [2.24, 2.45) is 0 Å². The second kappa shape index (κ2) is 6.78. The van der Waals surface area contributed by atoms with Crippen LogP contribution in [0.2, 0.25) is 0 Å². The van der Waals surface area contributed by atoms with Crippen LogP contribution in [0.15, 0.2) is 78.9 Å². The second-order valence-corrected chi connectivity index (χ2v) is 6.67. The summed E-state index contributed by atoms with van der Waals surface area (Å²) in [5.41, 5.74) is 5.59. The lowest BCUT2D eigenvalue weighted by Crippen LogP contribution is -2.00. The Morgan fingerprint density at radius 3 is 2.39 bits per heavy atom. The van der Waals surface area contributed by atoms with Crippen molar-refractivity contribution in [3.8, 4) is 17.1 Å². The number of aromatic nitrogens is 4. The first-order valence-corrected chi connectivity index (χ1v) is 9.17. The predicted molar refractivity (Wildman–Crippen MR) is 109 cm³/mol. The van der Waals surface area contributed by atoms with Crippen LogP contribution in [-0.4, -0.2) is 19.6 Å². The van der Waals surface area contributed by atoms with Gasteiger partial charge in [0.05, 0.1) is 16.7 Å². The van der Waals surface area contributed by atoms with Gasteiger partial charge in [-0.1, -0.05) is 54.6 Å². The molecule has 0 saturated heterocycles. The van der Waals surface area contributed by atoms with Crippen molar-refractivity contribution in [2.75, 3.05) is 0 Å². The first-order valence-electron chi connectivity index (χ1n) is 9.17. The maximum atomic E-state index is 5.91. The molecule has 2 aromatic heterocycles. The highest BCUT2D eigenvalue weighted by Gasteiger charge is 2.14. The van der Waals surface area contributed by atoms with Crippen molar-refractivity contribution in [1.29, 1.82) is 0 Å². The van der Waals surface area contributed by atoms with Gasteiger partial charge in [0.25, 0.3) is 0 Å². The number of benzene rings is 3. The fourth-order valence-corrected chi connectivity index (χ4v) is 3.37. The molecule has 0 unspecified atom stereocenters. The van der Waals surface area contributed by atoms with Crippen LogP contribution in [0.3, 0.4) is 0 Å². The number of ether oxygens (including phenoxy) is 1. The normalized spacial score (nSPS) is 11.2. The Kier molecular flexibility index (Phi) is 3.98. The van der Waals surface area contributed by atoms with Gasteiger partial charge in [-0.15, -0.1) is 10.2 Å². The van der Waals surface area contributed by atoms with Crippen molar-refractivity contribution in [2.45, 2.75) is 13.5 Å². The van der Waals surface area contributed by atoms with Crippen LogP contribution < -0.4 is 4.74 Å². The molecule has 5 aromatic rings. The van der Waals surface area contributed by atoms with Crippen molar-refractivity contribution in [3.63, 3.8) is 0 Å². The van der Waals surface area contributed by atoms with Gasteiger partial charge >= 0.3 is 0 Å². The quantitative estimate of drug-likeness (QED) is 0.457. The zero-order valence-corrected chi connectivity index (χ0v) is 15.4. The van der Waals surface area contributed by atoms with Crippen molar-refractivity contribution >= 4 is 16.7 Å². The van der Waals surface area contributed by atoms with Crippen LogP contribution in [0.5, 0.6) is 5.75 Å². The minimum atomic E-state index is 0.484. The molecule has 0 aliphatic heterocycles. The van der Waals surface area contributed by atoms with Crippen LogP contribution in [0.1, 0.15) is 11.3 Å². The zero-order valence-electron chi connectivity index (χ0n) is 15.4. The minimum Gasteiger partial charge on any atom is -0.489 e. The molecule has 0 amide bonds. The van der Waals surface area contributed by atoms with Crippen LogP contribution in [-0.2, 0) is 6.61 Å². The Morgan fingerprint density at radius 1 is 0.857 bits per heavy atom. The molecule has 28 heavy (non-hydrogen) atoms. The molecular formula is C23H18N4O. The highest BCUT2D eigenvalue weighted by molar-refractivity contribution is 5.81. The van der Waals surface area contributed by atoms with Gasteiger partial charge in [0.1, 0.15) is 12.4 Å². The largest absolute Gasteiger partial charge is 0.489 e. The molecular weight excluding hydrogens is 348 g/mol. The molecule has 5 heteroatoms. The first kappa shape index (κ1) is 16.4. The molecule has 0 radical (unpaired) electrons. The van der Waals surface area contributed by atoms with Gasteiger partial charge in [-0.05, 0) is 36.8 Å². The summed E-state index contributed by atoms with van der Waals surface area (Å²) >= 11 is 0. The number of fused-ring (bicyclic) bond motifs is 3. The summed E-state index contributed by atoms with van der Waals surface area (Å²) in [5, 5.41) is 8.83. The van der Waals surface area contributed by atoms with E-state index in [9.17, 15) is 0 Å². The van der Waals surface area contributed by atoms with Crippen LogP contribution in [0.4, 0.5) is 0 Å². The van der Waals surface area contributed by atoms with Crippen molar-refractivity contribution < 1.29 is 4.74 Å². The highest BCUT2D eigenvalue weighted by Crippen LogP contribution is 2.25. The molecule has 2 heterocycles. The van der Waals surface area contributed by atoms with Crippen LogP contribution in [0.25, 0.3) is 28.1 Å². The molecule has 0 atom stereocenters. The summed E-state index contributed by atoms with van der Waals surface area (Å²) in [4.78, 5) is 4.71. The monoisotopic (exact) mass is 366 g/mol. The summed E-state index contributed by atoms with van der Waals surface area (Å²) < 4.78 is 7.99. The summed E-state index contributed by atoms with van der Waals surface area (Å²) in [5.74, 6) is 1.66. The van der Waals surface area contributed by atoms with Crippen molar-refractivity contribution in [3.05, 3.63) is 90.1 Å². The Hall–Kier alpha value is -3.73. The van der Waals surface area contributed by atoms with E-state index >= 15 is 0 Å². The molecule has 0 bridgehead atoms. The summed E-state index contributed by atoms with van der Waals surface area (Å²) in [7, 11) is 0. The SMILES string of the molecule is Cc1nc2ccc(COc3ccccc3)cc2n2c(-c3ccccc3)nnc12. The number of hydrogen-bond donors (Lipinski definition) is 0. The number of nitrogens with zero attached hydrogens (tertiary/aromatic N) is 4. The lowest BCUT2D eigenvalue weighted by Gasteiger charge is -2.10.